The van der Waals surface area contributed by atoms with Crippen molar-refractivity contribution in [2.45, 2.75) is 43.4 Å². The van der Waals surface area contributed by atoms with Gasteiger partial charge in [0.25, 0.3) is 6.01 Å². The van der Waals surface area contributed by atoms with Crippen molar-refractivity contribution in [3.8, 4) is 5.75 Å². The number of oxazole rings is 1. The first-order valence-electron chi connectivity index (χ1n) is 11.6. The van der Waals surface area contributed by atoms with Crippen LogP contribution in [0.3, 0.4) is 0 Å². The molecule has 2 aromatic carbocycles. The molecule has 0 bridgehead atoms. The third-order valence-corrected chi connectivity index (χ3v) is 7.92. The van der Waals surface area contributed by atoms with Crippen molar-refractivity contribution in [1.29, 1.82) is 0 Å². The Balaban J connectivity index is 1.37. The molecule has 1 aliphatic heterocycles. The minimum Gasteiger partial charge on any atom is -0.493 e. The second kappa shape index (κ2) is 10.3. The molecule has 3 aromatic rings. The topological polar surface area (TPSA) is 87.9 Å². The Hall–Kier alpha value is -2.83. The summed E-state index contributed by atoms with van der Waals surface area (Å²) in [6.07, 6.45) is -2.88. The largest absolute Gasteiger partial charge is 0.493 e. The number of ether oxygens (including phenoxy) is 1. The molecular formula is C24H29F3N4O4S. The van der Waals surface area contributed by atoms with Gasteiger partial charge in [0.05, 0.1) is 17.1 Å². The van der Waals surface area contributed by atoms with E-state index in [2.05, 4.69) is 15.2 Å². The van der Waals surface area contributed by atoms with Gasteiger partial charge in [-0.25, -0.2) is 12.7 Å². The molecule has 0 radical (unpaired) electrons. The lowest BCUT2D eigenvalue weighted by Gasteiger charge is -2.32. The number of nitrogens with zero attached hydrogens (tertiary/aromatic N) is 3. The fourth-order valence-electron chi connectivity index (χ4n) is 4.18. The second-order valence-corrected chi connectivity index (χ2v) is 11.0. The summed E-state index contributed by atoms with van der Waals surface area (Å²) in [5.41, 5.74) is 0.936. The average molecular weight is 527 g/mol. The van der Waals surface area contributed by atoms with Gasteiger partial charge in [0.2, 0.25) is 10.0 Å². The highest BCUT2D eigenvalue weighted by Crippen LogP contribution is 2.37. The van der Waals surface area contributed by atoms with Crippen molar-refractivity contribution >= 4 is 27.1 Å². The number of aromatic nitrogens is 1. The number of alkyl halides is 3. The Bertz CT molecular complexity index is 1320. The molecule has 1 fully saturated rings. The second-order valence-electron chi connectivity index (χ2n) is 8.89. The van der Waals surface area contributed by atoms with Crippen molar-refractivity contribution in [2.24, 2.45) is 0 Å². The number of piperidine rings is 1. The zero-order valence-electron chi connectivity index (χ0n) is 20.3. The molecule has 2 heterocycles. The predicted octanol–water partition coefficient (Wildman–Crippen LogP) is 4.57. The van der Waals surface area contributed by atoms with E-state index in [1.54, 1.807) is 13.0 Å². The summed E-state index contributed by atoms with van der Waals surface area (Å²) in [5.74, 6) is -0.142. The van der Waals surface area contributed by atoms with Crippen molar-refractivity contribution < 1.29 is 30.7 Å². The van der Waals surface area contributed by atoms with Crippen molar-refractivity contribution in [1.82, 2.24) is 14.2 Å². The van der Waals surface area contributed by atoms with Crippen LogP contribution in [0.1, 0.15) is 30.9 Å². The Morgan fingerprint density at radius 1 is 1.17 bits per heavy atom. The maximum absolute atomic E-state index is 13.2. The van der Waals surface area contributed by atoms with Crippen molar-refractivity contribution in [2.75, 3.05) is 39.1 Å². The third-order valence-electron chi connectivity index (χ3n) is 6.11. The van der Waals surface area contributed by atoms with Crippen LogP contribution in [0.2, 0.25) is 0 Å². The van der Waals surface area contributed by atoms with Crippen LogP contribution in [0.5, 0.6) is 5.75 Å². The Labute approximate surface area is 208 Å². The molecule has 0 amide bonds. The molecular weight excluding hydrogens is 497 g/mol. The normalized spacial score (nSPS) is 16.1. The quantitative estimate of drug-likeness (QED) is 0.460. The molecule has 1 aliphatic rings. The fraction of sp³-hybridized carbons (Fsp3) is 0.458. The first-order chi connectivity index (χ1) is 17.0. The lowest BCUT2D eigenvalue weighted by Crippen LogP contribution is -2.38. The number of benzene rings is 2. The molecule has 0 saturated carbocycles. The number of hydrogen-bond acceptors (Lipinski definition) is 7. The first kappa shape index (κ1) is 26.2. The van der Waals surface area contributed by atoms with Crippen LogP contribution >= 0.6 is 0 Å². The molecule has 0 unspecified atom stereocenters. The lowest BCUT2D eigenvalue weighted by atomic mass is 10.0. The number of likely N-dealkylation sites (tertiary alicyclic amines) is 1. The SMILES string of the molecule is CCOc1cc(CN2CCC(Nc3nc4cc(S(=O)(=O)N(C)C)ccc4o3)CC2)ccc1C(F)(F)F. The average Bonchev–Trinajstić information content (AvgIpc) is 3.21. The molecule has 196 valence electrons. The molecule has 0 spiro atoms. The molecule has 1 aromatic heterocycles. The zero-order valence-corrected chi connectivity index (χ0v) is 21.1. The monoisotopic (exact) mass is 526 g/mol. The molecule has 4 rings (SSSR count). The van der Waals surface area contributed by atoms with Gasteiger partial charge in [-0.1, -0.05) is 6.07 Å². The molecule has 0 atom stereocenters. The number of halogens is 3. The van der Waals surface area contributed by atoms with Crippen LogP contribution in [-0.2, 0) is 22.7 Å². The Kier molecular flexibility index (Phi) is 7.48. The van der Waals surface area contributed by atoms with E-state index in [1.807, 2.05) is 0 Å². The fourth-order valence-corrected chi connectivity index (χ4v) is 5.10. The highest BCUT2D eigenvalue weighted by Gasteiger charge is 2.34. The summed E-state index contributed by atoms with van der Waals surface area (Å²) in [4.78, 5) is 6.73. The molecule has 8 nitrogen and oxygen atoms in total. The summed E-state index contributed by atoms with van der Waals surface area (Å²) in [7, 11) is -0.633. The number of anilines is 1. The lowest BCUT2D eigenvalue weighted by molar-refractivity contribution is -0.138. The summed E-state index contributed by atoms with van der Waals surface area (Å²) in [5, 5.41) is 3.28. The van der Waals surface area contributed by atoms with Gasteiger partial charge in [-0.3, -0.25) is 4.90 Å². The van der Waals surface area contributed by atoms with E-state index >= 15 is 0 Å². The van der Waals surface area contributed by atoms with Gasteiger partial charge in [-0.15, -0.1) is 0 Å². The Morgan fingerprint density at radius 3 is 2.53 bits per heavy atom. The van der Waals surface area contributed by atoms with Gasteiger partial charge in [-0.05, 0) is 55.7 Å². The first-order valence-corrected chi connectivity index (χ1v) is 13.1. The summed E-state index contributed by atoms with van der Waals surface area (Å²) >= 11 is 0. The minimum atomic E-state index is -4.46. The third kappa shape index (κ3) is 5.76. The number of fused-ring (bicyclic) bond motifs is 1. The van der Waals surface area contributed by atoms with Crippen molar-refractivity contribution in [3.63, 3.8) is 0 Å². The van der Waals surface area contributed by atoms with Gasteiger partial charge in [-0.2, -0.15) is 18.2 Å². The smallest absolute Gasteiger partial charge is 0.419 e. The van der Waals surface area contributed by atoms with E-state index in [0.717, 1.165) is 41.9 Å². The number of sulfonamides is 1. The van der Waals surface area contributed by atoms with Gasteiger partial charge in [0, 0.05) is 39.8 Å². The van der Waals surface area contributed by atoms with Crippen LogP contribution < -0.4 is 10.1 Å². The summed E-state index contributed by atoms with van der Waals surface area (Å²) in [6, 6.07) is 9.05. The van der Waals surface area contributed by atoms with Gasteiger partial charge in [0.15, 0.2) is 5.58 Å². The number of nitrogens with one attached hydrogen (secondary N) is 1. The highest BCUT2D eigenvalue weighted by atomic mass is 32.2. The maximum Gasteiger partial charge on any atom is 0.419 e. The van der Waals surface area contributed by atoms with Crippen LogP contribution in [0.15, 0.2) is 45.7 Å². The van der Waals surface area contributed by atoms with E-state index in [1.165, 1.54) is 38.4 Å². The predicted molar refractivity (Wildman–Crippen MR) is 129 cm³/mol. The van der Waals surface area contributed by atoms with E-state index in [9.17, 15) is 21.6 Å². The van der Waals surface area contributed by atoms with Crippen LogP contribution in [0.4, 0.5) is 19.2 Å². The van der Waals surface area contributed by atoms with Crippen LogP contribution in [0.25, 0.3) is 11.1 Å². The summed E-state index contributed by atoms with van der Waals surface area (Å²) < 4.78 is 76.5. The highest BCUT2D eigenvalue weighted by molar-refractivity contribution is 7.89. The van der Waals surface area contributed by atoms with E-state index in [0.29, 0.717) is 23.7 Å². The van der Waals surface area contributed by atoms with Gasteiger partial charge < -0.3 is 14.5 Å². The van der Waals surface area contributed by atoms with E-state index < -0.39 is 21.8 Å². The van der Waals surface area contributed by atoms with Gasteiger partial charge in [0.1, 0.15) is 11.3 Å². The molecule has 0 aliphatic carbocycles. The van der Waals surface area contributed by atoms with Crippen LogP contribution in [-0.4, -0.2) is 62.4 Å². The van der Waals surface area contributed by atoms with E-state index in [4.69, 9.17) is 9.15 Å². The number of hydrogen-bond donors (Lipinski definition) is 1. The van der Waals surface area contributed by atoms with Crippen molar-refractivity contribution in [3.05, 3.63) is 47.5 Å². The molecule has 1 saturated heterocycles. The number of rotatable bonds is 8. The minimum absolute atomic E-state index is 0.103. The zero-order chi connectivity index (χ0) is 26.1. The van der Waals surface area contributed by atoms with E-state index in [-0.39, 0.29) is 23.3 Å². The standard InChI is InChI=1S/C24H29F3N4O4S/c1-4-34-22-13-16(5-7-19(22)24(25,26)27)15-31-11-9-17(10-12-31)28-23-29-20-14-18(6-8-21(20)35-23)36(32,33)30(2)3/h5-8,13-14,17H,4,9-12,15H2,1-3H3,(H,28,29). The van der Waals surface area contributed by atoms with Gasteiger partial charge >= 0.3 is 6.18 Å². The molecule has 12 heteroatoms. The molecule has 36 heavy (non-hydrogen) atoms. The molecule has 1 N–H and O–H groups in total. The maximum atomic E-state index is 13.2. The van der Waals surface area contributed by atoms with Crippen LogP contribution in [0, 0.1) is 0 Å². The Morgan fingerprint density at radius 2 is 1.89 bits per heavy atom. The summed E-state index contributed by atoms with van der Waals surface area (Å²) in [6.45, 7) is 3.83.